The summed E-state index contributed by atoms with van der Waals surface area (Å²) in [6, 6.07) is 0. The molecular weight excluding hydrogens is 152 g/mol. The molecular formula is C6H15ClOSi. The van der Waals surface area contributed by atoms with Crippen LogP contribution in [-0.2, 0) is 4.74 Å². The van der Waals surface area contributed by atoms with E-state index in [2.05, 4.69) is 13.1 Å². The van der Waals surface area contributed by atoms with Gasteiger partial charge in [0.1, 0.15) is 5.19 Å². The molecule has 0 bridgehead atoms. The Hall–Kier alpha value is 0.467. The van der Waals surface area contributed by atoms with Crippen molar-refractivity contribution in [1.82, 2.24) is 0 Å². The van der Waals surface area contributed by atoms with E-state index < -0.39 is 8.80 Å². The molecule has 0 saturated carbocycles. The summed E-state index contributed by atoms with van der Waals surface area (Å²) in [5, 5.41) is 0.00463. The van der Waals surface area contributed by atoms with Crippen LogP contribution in [0.2, 0.25) is 13.1 Å². The van der Waals surface area contributed by atoms with Crippen LogP contribution in [-0.4, -0.2) is 20.1 Å². The first-order valence-corrected chi connectivity index (χ1v) is 6.74. The highest BCUT2D eigenvalue weighted by molar-refractivity contribution is 6.66. The molecule has 0 aliphatic carbocycles. The number of alkyl halides is 1. The normalized spacial score (nSPS) is 15.0. The molecule has 0 aromatic rings. The molecule has 0 aromatic heterocycles. The second-order valence-electron chi connectivity index (χ2n) is 2.78. The summed E-state index contributed by atoms with van der Waals surface area (Å²) >= 11 is 5.85. The summed E-state index contributed by atoms with van der Waals surface area (Å²) in [6.45, 7) is 8.37. The largest absolute Gasteiger partial charge is 0.364 e. The zero-order valence-electron chi connectivity index (χ0n) is 6.52. The van der Waals surface area contributed by atoms with Gasteiger partial charge in [-0.05, 0) is 13.8 Å². The highest BCUT2D eigenvalue weighted by atomic mass is 35.5. The minimum Gasteiger partial charge on any atom is -0.364 e. The fraction of sp³-hybridized carbons (Fsp3) is 1.00. The maximum Gasteiger partial charge on any atom is 0.115 e. The van der Waals surface area contributed by atoms with E-state index in [-0.39, 0.29) is 11.3 Å². The van der Waals surface area contributed by atoms with Crippen LogP contribution < -0.4 is 0 Å². The van der Waals surface area contributed by atoms with E-state index in [0.29, 0.717) is 0 Å². The Kier molecular flexibility index (Phi) is 4.53. The lowest BCUT2D eigenvalue weighted by molar-refractivity contribution is 0.0916. The van der Waals surface area contributed by atoms with Crippen molar-refractivity contribution in [3.8, 4) is 0 Å². The van der Waals surface area contributed by atoms with Crippen LogP contribution in [0.4, 0.5) is 0 Å². The Morgan fingerprint density at radius 1 is 1.33 bits per heavy atom. The van der Waals surface area contributed by atoms with E-state index in [4.69, 9.17) is 16.3 Å². The Morgan fingerprint density at radius 2 is 1.78 bits per heavy atom. The highest BCUT2D eigenvalue weighted by Crippen LogP contribution is 2.06. The molecule has 0 aliphatic heterocycles. The molecule has 0 radical (unpaired) electrons. The van der Waals surface area contributed by atoms with Crippen molar-refractivity contribution >= 4 is 20.4 Å². The molecule has 0 rings (SSSR count). The summed E-state index contributed by atoms with van der Waals surface area (Å²) in [7, 11) is -0.778. The molecule has 0 aromatic carbocycles. The van der Waals surface area contributed by atoms with Gasteiger partial charge in [0.05, 0.1) is 14.9 Å². The minimum atomic E-state index is -0.778. The lowest BCUT2D eigenvalue weighted by Gasteiger charge is -2.15. The van der Waals surface area contributed by atoms with E-state index >= 15 is 0 Å². The summed E-state index contributed by atoms with van der Waals surface area (Å²) in [5.41, 5.74) is 0. The summed E-state index contributed by atoms with van der Waals surface area (Å²) < 4.78 is 5.34. The van der Waals surface area contributed by atoms with Crippen molar-refractivity contribution in [3.63, 3.8) is 0 Å². The van der Waals surface area contributed by atoms with E-state index in [1.165, 1.54) is 0 Å². The van der Waals surface area contributed by atoms with Gasteiger partial charge in [-0.2, -0.15) is 0 Å². The van der Waals surface area contributed by atoms with Gasteiger partial charge in [0.25, 0.3) is 0 Å². The molecule has 0 aliphatic rings. The first kappa shape index (κ1) is 9.47. The molecule has 0 saturated heterocycles. The SMILES string of the molecule is CC(C)OC(Cl)[SiH](C)C. The monoisotopic (exact) mass is 166 g/mol. The van der Waals surface area contributed by atoms with Gasteiger partial charge in [0, 0.05) is 0 Å². The van der Waals surface area contributed by atoms with Crippen LogP contribution in [0.25, 0.3) is 0 Å². The van der Waals surface area contributed by atoms with Gasteiger partial charge in [0.2, 0.25) is 0 Å². The third kappa shape index (κ3) is 4.94. The first-order chi connectivity index (χ1) is 4.04. The van der Waals surface area contributed by atoms with Gasteiger partial charge < -0.3 is 4.74 Å². The average molecular weight is 167 g/mol. The van der Waals surface area contributed by atoms with Gasteiger partial charge in [-0.15, -0.1) is 0 Å². The predicted octanol–water partition coefficient (Wildman–Crippen LogP) is 2.00. The van der Waals surface area contributed by atoms with Crippen molar-refractivity contribution in [2.24, 2.45) is 0 Å². The molecule has 0 fully saturated rings. The van der Waals surface area contributed by atoms with Gasteiger partial charge in [-0.25, -0.2) is 0 Å². The molecule has 3 heteroatoms. The Labute approximate surface area is 64.0 Å². The van der Waals surface area contributed by atoms with Crippen molar-refractivity contribution in [2.75, 3.05) is 0 Å². The summed E-state index contributed by atoms with van der Waals surface area (Å²) in [6.07, 6.45) is 0.266. The number of hydrogen-bond donors (Lipinski definition) is 0. The fourth-order valence-electron chi connectivity index (χ4n) is 0.417. The highest BCUT2D eigenvalue weighted by Gasteiger charge is 2.11. The third-order valence-electron chi connectivity index (χ3n) is 0.926. The third-order valence-corrected chi connectivity index (χ3v) is 3.75. The predicted molar refractivity (Wildman–Crippen MR) is 44.7 cm³/mol. The second-order valence-corrected chi connectivity index (χ2v) is 6.73. The molecule has 56 valence electrons. The van der Waals surface area contributed by atoms with Gasteiger partial charge in [-0.3, -0.25) is 0 Å². The Balaban J connectivity index is 3.38. The van der Waals surface area contributed by atoms with Gasteiger partial charge >= 0.3 is 0 Å². The molecule has 1 atom stereocenters. The zero-order chi connectivity index (χ0) is 7.44. The first-order valence-electron chi connectivity index (χ1n) is 3.33. The Bertz CT molecular complexity index is 75.5. The number of halogens is 1. The van der Waals surface area contributed by atoms with E-state index in [9.17, 15) is 0 Å². The number of rotatable bonds is 3. The zero-order valence-corrected chi connectivity index (χ0v) is 8.43. The molecule has 0 amide bonds. The molecule has 0 heterocycles. The van der Waals surface area contributed by atoms with Crippen molar-refractivity contribution in [3.05, 3.63) is 0 Å². The van der Waals surface area contributed by atoms with Crippen LogP contribution in [0.3, 0.4) is 0 Å². The quantitative estimate of drug-likeness (QED) is 0.461. The lowest BCUT2D eigenvalue weighted by Crippen LogP contribution is -2.24. The van der Waals surface area contributed by atoms with Crippen molar-refractivity contribution in [2.45, 2.75) is 38.2 Å². The van der Waals surface area contributed by atoms with Crippen molar-refractivity contribution < 1.29 is 4.74 Å². The van der Waals surface area contributed by atoms with E-state index in [1.807, 2.05) is 13.8 Å². The van der Waals surface area contributed by atoms with Crippen LogP contribution in [0.5, 0.6) is 0 Å². The molecule has 1 nitrogen and oxygen atoms in total. The summed E-state index contributed by atoms with van der Waals surface area (Å²) in [5.74, 6) is 0. The van der Waals surface area contributed by atoms with Crippen molar-refractivity contribution in [1.29, 1.82) is 0 Å². The van der Waals surface area contributed by atoms with Crippen LogP contribution in [0.15, 0.2) is 0 Å². The van der Waals surface area contributed by atoms with Gasteiger partial charge in [0.15, 0.2) is 0 Å². The van der Waals surface area contributed by atoms with E-state index in [0.717, 1.165) is 0 Å². The van der Waals surface area contributed by atoms with Crippen LogP contribution >= 0.6 is 11.6 Å². The smallest absolute Gasteiger partial charge is 0.115 e. The van der Waals surface area contributed by atoms with E-state index in [1.54, 1.807) is 0 Å². The molecule has 9 heavy (non-hydrogen) atoms. The molecule has 1 unspecified atom stereocenters. The van der Waals surface area contributed by atoms with Crippen LogP contribution in [0, 0.1) is 0 Å². The number of ether oxygens (including phenoxy) is 1. The maximum absolute atomic E-state index is 5.85. The fourth-order valence-corrected chi connectivity index (χ4v) is 1.25. The number of hydrogen-bond acceptors (Lipinski definition) is 1. The summed E-state index contributed by atoms with van der Waals surface area (Å²) in [4.78, 5) is 0. The second kappa shape index (κ2) is 4.31. The lowest BCUT2D eigenvalue weighted by atomic mass is 10.5. The average Bonchev–Trinajstić information content (AvgIpc) is 1.63. The molecule has 0 spiro atoms. The Morgan fingerprint density at radius 3 is 1.89 bits per heavy atom. The standard InChI is InChI=1S/C6H15ClOSi/c1-5(2)8-6(7)9(3)4/h5-6,9H,1-4H3. The minimum absolute atomic E-state index is 0.00463. The van der Waals surface area contributed by atoms with Gasteiger partial charge in [-0.1, -0.05) is 24.7 Å². The maximum atomic E-state index is 5.85. The van der Waals surface area contributed by atoms with Crippen LogP contribution in [0.1, 0.15) is 13.8 Å². The molecule has 0 N–H and O–H groups in total. The topological polar surface area (TPSA) is 9.23 Å².